The van der Waals surface area contributed by atoms with E-state index in [2.05, 4.69) is 5.32 Å². The monoisotopic (exact) mass is 520 g/mol. The van der Waals surface area contributed by atoms with E-state index in [1.165, 1.54) is 12.1 Å². The van der Waals surface area contributed by atoms with E-state index in [4.69, 9.17) is 9.47 Å². The van der Waals surface area contributed by atoms with E-state index in [1.54, 1.807) is 31.3 Å². The van der Waals surface area contributed by atoms with E-state index < -0.39 is 6.04 Å². The average molecular weight is 521 g/mol. The summed E-state index contributed by atoms with van der Waals surface area (Å²) in [7, 11) is 3.15. The minimum absolute atomic E-state index is 0.0321. The van der Waals surface area contributed by atoms with E-state index in [0.29, 0.717) is 24.3 Å². The topological polar surface area (TPSA) is 67.9 Å². The number of halogens is 1. The highest BCUT2D eigenvalue weighted by Gasteiger charge is 2.30. The van der Waals surface area contributed by atoms with Crippen molar-refractivity contribution in [1.29, 1.82) is 0 Å². The van der Waals surface area contributed by atoms with Crippen LogP contribution in [0.3, 0.4) is 0 Å². The maximum atomic E-state index is 13.8. The average Bonchev–Trinajstić information content (AvgIpc) is 2.94. The van der Waals surface area contributed by atoms with Crippen LogP contribution in [-0.2, 0) is 29.0 Å². The van der Waals surface area contributed by atoms with Crippen LogP contribution >= 0.6 is 0 Å². The first-order valence-electron chi connectivity index (χ1n) is 12.9. The van der Waals surface area contributed by atoms with Crippen LogP contribution in [0.1, 0.15) is 43.4 Å². The molecule has 202 valence electrons. The molecular formula is C31H37FN2O4. The quantitative estimate of drug-likeness (QED) is 0.331. The van der Waals surface area contributed by atoms with E-state index in [0.717, 1.165) is 23.1 Å². The Morgan fingerprint density at radius 3 is 2.18 bits per heavy atom. The van der Waals surface area contributed by atoms with E-state index in [1.807, 2.05) is 62.4 Å². The fourth-order valence-electron chi connectivity index (χ4n) is 4.21. The Balaban J connectivity index is 1.90. The standard InChI is InChI=1S/C31H37FN2O4/c1-5-22(2)33-31(36)27(19-23-9-7-6-8-10-23)34(21-25-11-15-26(32)16-12-25)30(35)18-14-24-13-17-28(37-3)29(20-24)38-4/h6-13,15-17,20,22,27H,5,14,18-19,21H2,1-4H3,(H,33,36)/t22-,27-/m0/s1. The van der Waals surface area contributed by atoms with E-state index in [9.17, 15) is 14.0 Å². The van der Waals surface area contributed by atoms with Crippen molar-refractivity contribution in [2.75, 3.05) is 14.2 Å². The molecular weight excluding hydrogens is 483 g/mol. The molecule has 0 saturated heterocycles. The zero-order valence-corrected chi connectivity index (χ0v) is 22.6. The highest BCUT2D eigenvalue weighted by molar-refractivity contribution is 5.88. The van der Waals surface area contributed by atoms with Gasteiger partial charge in [-0.1, -0.05) is 55.5 Å². The number of rotatable bonds is 13. The Labute approximate surface area is 224 Å². The summed E-state index contributed by atoms with van der Waals surface area (Å²) >= 11 is 0. The van der Waals surface area contributed by atoms with Gasteiger partial charge in [-0.2, -0.15) is 0 Å². The SMILES string of the molecule is CC[C@H](C)NC(=O)[C@H](Cc1ccccc1)N(Cc1ccc(F)cc1)C(=O)CCc1ccc(OC)c(OC)c1. The van der Waals surface area contributed by atoms with Crippen molar-refractivity contribution >= 4 is 11.8 Å². The third-order valence-corrected chi connectivity index (χ3v) is 6.61. The van der Waals surface area contributed by atoms with Crippen molar-refractivity contribution in [2.45, 2.75) is 58.2 Å². The van der Waals surface area contributed by atoms with Gasteiger partial charge < -0.3 is 19.7 Å². The summed E-state index contributed by atoms with van der Waals surface area (Å²) < 4.78 is 24.3. The van der Waals surface area contributed by atoms with Gasteiger partial charge in [0.25, 0.3) is 0 Å². The number of aryl methyl sites for hydroxylation is 1. The maximum absolute atomic E-state index is 13.8. The molecule has 2 atom stereocenters. The Kier molecular flexibility index (Phi) is 10.7. The lowest BCUT2D eigenvalue weighted by Gasteiger charge is -2.32. The lowest BCUT2D eigenvalue weighted by Crippen LogP contribution is -2.52. The number of ether oxygens (including phenoxy) is 2. The van der Waals surface area contributed by atoms with Gasteiger partial charge >= 0.3 is 0 Å². The third-order valence-electron chi connectivity index (χ3n) is 6.61. The van der Waals surface area contributed by atoms with Crippen LogP contribution in [0.5, 0.6) is 11.5 Å². The molecule has 0 bridgehead atoms. The molecule has 6 nitrogen and oxygen atoms in total. The van der Waals surface area contributed by atoms with Crippen molar-refractivity contribution in [1.82, 2.24) is 10.2 Å². The first-order valence-corrected chi connectivity index (χ1v) is 12.9. The maximum Gasteiger partial charge on any atom is 0.243 e. The van der Waals surface area contributed by atoms with Crippen LogP contribution in [0.15, 0.2) is 72.8 Å². The first kappa shape index (κ1) is 28.7. The predicted octanol–water partition coefficient (Wildman–Crippen LogP) is 5.33. The fourth-order valence-corrected chi connectivity index (χ4v) is 4.21. The molecule has 0 aliphatic rings. The van der Waals surface area contributed by atoms with Gasteiger partial charge in [-0.25, -0.2) is 4.39 Å². The van der Waals surface area contributed by atoms with Gasteiger partial charge in [0.05, 0.1) is 14.2 Å². The minimum atomic E-state index is -0.727. The highest BCUT2D eigenvalue weighted by Crippen LogP contribution is 2.28. The number of hydrogen-bond donors (Lipinski definition) is 1. The van der Waals surface area contributed by atoms with E-state index in [-0.39, 0.29) is 36.6 Å². The lowest BCUT2D eigenvalue weighted by molar-refractivity contribution is -0.141. The summed E-state index contributed by atoms with van der Waals surface area (Å²) in [6.45, 7) is 4.14. The van der Waals surface area contributed by atoms with Crippen LogP contribution in [0.2, 0.25) is 0 Å². The number of amides is 2. The first-order chi connectivity index (χ1) is 18.3. The number of benzene rings is 3. The normalized spacial score (nSPS) is 12.3. The predicted molar refractivity (Wildman–Crippen MR) is 147 cm³/mol. The van der Waals surface area contributed by atoms with Crippen molar-refractivity contribution in [3.63, 3.8) is 0 Å². The minimum Gasteiger partial charge on any atom is -0.493 e. The summed E-state index contributed by atoms with van der Waals surface area (Å²) in [6.07, 6.45) is 1.80. The molecule has 1 N–H and O–H groups in total. The lowest BCUT2D eigenvalue weighted by atomic mass is 10.0. The largest absolute Gasteiger partial charge is 0.493 e. The molecule has 3 aromatic rings. The number of methoxy groups -OCH3 is 2. The smallest absolute Gasteiger partial charge is 0.243 e. The van der Waals surface area contributed by atoms with Crippen molar-refractivity contribution in [2.24, 2.45) is 0 Å². The Bertz CT molecular complexity index is 1180. The Hall–Kier alpha value is -3.87. The van der Waals surface area contributed by atoms with Gasteiger partial charge in [0, 0.05) is 25.4 Å². The van der Waals surface area contributed by atoms with Gasteiger partial charge in [0.15, 0.2) is 11.5 Å². The second kappa shape index (κ2) is 14.2. The molecule has 38 heavy (non-hydrogen) atoms. The van der Waals surface area contributed by atoms with Crippen molar-refractivity contribution in [3.05, 3.63) is 95.3 Å². The second-order valence-corrected chi connectivity index (χ2v) is 9.36. The zero-order valence-electron chi connectivity index (χ0n) is 22.6. The number of hydrogen-bond acceptors (Lipinski definition) is 4. The van der Waals surface area contributed by atoms with Gasteiger partial charge in [-0.3, -0.25) is 9.59 Å². The number of carbonyl (C=O) groups is 2. The van der Waals surface area contributed by atoms with Crippen LogP contribution in [0.4, 0.5) is 4.39 Å². The number of nitrogens with zero attached hydrogens (tertiary/aromatic N) is 1. The van der Waals surface area contributed by atoms with Crippen LogP contribution in [0, 0.1) is 5.82 Å². The molecule has 7 heteroatoms. The molecule has 0 radical (unpaired) electrons. The molecule has 0 aromatic heterocycles. The molecule has 0 aliphatic carbocycles. The number of nitrogens with one attached hydrogen (secondary N) is 1. The Morgan fingerprint density at radius 1 is 0.895 bits per heavy atom. The van der Waals surface area contributed by atoms with Crippen LogP contribution < -0.4 is 14.8 Å². The molecule has 0 spiro atoms. The van der Waals surface area contributed by atoms with Gasteiger partial charge in [0.2, 0.25) is 11.8 Å². The summed E-state index contributed by atoms with van der Waals surface area (Å²) in [5, 5.41) is 3.06. The highest BCUT2D eigenvalue weighted by atomic mass is 19.1. The summed E-state index contributed by atoms with van der Waals surface area (Å²) in [5.74, 6) is 0.491. The summed E-state index contributed by atoms with van der Waals surface area (Å²) in [5.41, 5.74) is 2.62. The molecule has 0 unspecified atom stereocenters. The summed E-state index contributed by atoms with van der Waals surface area (Å²) in [6, 6.07) is 20.5. The van der Waals surface area contributed by atoms with Crippen molar-refractivity contribution < 1.29 is 23.5 Å². The molecule has 0 aliphatic heterocycles. The molecule has 2 amide bonds. The van der Waals surface area contributed by atoms with Gasteiger partial charge in [-0.05, 0) is 60.7 Å². The Morgan fingerprint density at radius 2 is 1.55 bits per heavy atom. The van der Waals surface area contributed by atoms with Crippen LogP contribution in [0.25, 0.3) is 0 Å². The van der Waals surface area contributed by atoms with Crippen LogP contribution in [-0.4, -0.2) is 43.0 Å². The second-order valence-electron chi connectivity index (χ2n) is 9.36. The molecule has 3 rings (SSSR count). The zero-order chi connectivity index (χ0) is 27.5. The molecule has 0 heterocycles. The van der Waals surface area contributed by atoms with E-state index >= 15 is 0 Å². The third kappa shape index (κ3) is 8.07. The molecule has 0 saturated carbocycles. The summed E-state index contributed by atoms with van der Waals surface area (Å²) in [4.78, 5) is 28.9. The van der Waals surface area contributed by atoms with Gasteiger partial charge in [0.1, 0.15) is 11.9 Å². The number of carbonyl (C=O) groups excluding carboxylic acids is 2. The molecule has 0 fully saturated rings. The fraction of sp³-hybridized carbons (Fsp3) is 0.355. The molecule has 3 aromatic carbocycles. The van der Waals surface area contributed by atoms with Gasteiger partial charge in [-0.15, -0.1) is 0 Å². The van der Waals surface area contributed by atoms with Crippen molar-refractivity contribution in [3.8, 4) is 11.5 Å².